The molecule has 1 heterocycles. The molecule has 0 radical (unpaired) electrons. The fourth-order valence-corrected chi connectivity index (χ4v) is 1.83. The zero-order chi connectivity index (χ0) is 14.4. The van der Waals surface area contributed by atoms with E-state index < -0.39 is 0 Å². The van der Waals surface area contributed by atoms with Gasteiger partial charge in [0.25, 0.3) is 5.91 Å². The van der Waals surface area contributed by atoms with Gasteiger partial charge in [-0.2, -0.15) is 0 Å². The summed E-state index contributed by atoms with van der Waals surface area (Å²) in [4.78, 5) is 13.2. The number of carbonyl (C=O) groups is 1. The number of rotatable bonds is 6. The minimum atomic E-state index is -0.133. The summed E-state index contributed by atoms with van der Waals surface area (Å²) in [5, 5.41) is 11.3. The maximum atomic E-state index is 11.7. The molecule has 5 heteroatoms. The number of hydrogen-bond donors (Lipinski definition) is 1. The summed E-state index contributed by atoms with van der Waals surface area (Å²) in [6, 6.07) is 3.85. The lowest BCUT2D eigenvalue weighted by Gasteiger charge is -2.17. The van der Waals surface area contributed by atoms with E-state index >= 15 is 0 Å². The molecule has 0 aliphatic heterocycles. The summed E-state index contributed by atoms with van der Waals surface area (Å²) >= 11 is 0. The van der Waals surface area contributed by atoms with Crippen molar-refractivity contribution in [1.29, 1.82) is 0 Å². The summed E-state index contributed by atoms with van der Waals surface area (Å²) in [6.45, 7) is 6.56. The second-order valence-electron chi connectivity index (χ2n) is 5.30. The van der Waals surface area contributed by atoms with E-state index in [1.54, 1.807) is 26.2 Å². The largest absolute Gasteiger partial charge is 0.366 e. The third-order valence-corrected chi connectivity index (χ3v) is 3.14. The first-order valence-corrected chi connectivity index (χ1v) is 6.76. The highest BCUT2D eigenvalue weighted by Crippen LogP contribution is 2.13. The van der Waals surface area contributed by atoms with Crippen LogP contribution in [0.2, 0.25) is 0 Å². The topological polar surface area (TPSA) is 58.1 Å². The first-order valence-electron chi connectivity index (χ1n) is 6.76. The molecule has 1 rings (SSSR count). The van der Waals surface area contributed by atoms with Crippen molar-refractivity contribution in [3.05, 3.63) is 17.8 Å². The van der Waals surface area contributed by atoms with Crippen molar-refractivity contribution in [2.75, 3.05) is 19.4 Å². The normalized spacial score (nSPS) is 13.7. The molecule has 1 aromatic rings. The van der Waals surface area contributed by atoms with Gasteiger partial charge in [-0.15, -0.1) is 10.2 Å². The molecule has 0 fully saturated rings. The highest BCUT2D eigenvalue weighted by atomic mass is 16.2. The molecule has 0 aliphatic carbocycles. The smallest absolute Gasteiger partial charge is 0.273 e. The van der Waals surface area contributed by atoms with Crippen molar-refractivity contribution in [3.8, 4) is 0 Å². The molecule has 0 bridgehead atoms. The van der Waals surface area contributed by atoms with E-state index in [0.29, 0.717) is 23.5 Å². The maximum absolute atomic E-state index is 11.7. The molecular formula is C14H24N4O. The fraction of sp³-hybridized carbons (Fsp3) is 0.643. The number of nitrogens with zero attached hydrogens (tertiary/aromatic N) is 3. The third kappa shape index (κ3) is 4.85. The van der Waals surface area contributed by atoms with Gasteiger partial charge in [-0.25, -0.2) is 0 Å². The minimum Gasteiger partial charge on any atom is -0.366 e. The number of aromatic nitrogens is 2. The SMILES string of the molecule is CCC(C)CC(C)Nc1ccc(C(=O)N(C)C)nn1. The Labute approximate surface area is 115 Å². The van der Waals surface area contributed by atoms with Crippen LogP contribution in [0.3, 0.4) is 0 Å². The van der Waals surface area contributed by atoms with Gasteiger partial charge in [0, 0.05) is 20.1 Å². The van der Waals surface area contributed by atoms with Crippen molar-refractivity contribution < 1.29 is 4.79 Å². The summed E-state index contributed by atoms with van der Waals surface area (Å²) < 4.78 is 0. The molecule has 0 spiro atoms. The van der Waals surface area contributed by atoms with Crippen LogP contribution in [0.5, 0.6) is 0 Å². The van der Waals surface area contributed by atoms with Gasteiger partial charge < -0.3 is 10.2 Å². The van der Waals surface area contributed by atoms with Crippen LogP contribution >= 0.6 is 0 Å². The van der Waals surface area contributed by atoms with Gasteiger partial charge in [0.15, 0.2) is 5.69 Å². The van der Waals surface area contributed by atoms with E-state index in [2.05, 4.69) is 36.3 Å². The van der Waals surface area contributed by atoms with E-state index in [1.807, 2.05) is 0 Å². The van der Waals surface area contributed by atoms with Crippen LogP contribution in [0.4, 0.5) is 5.82 Å². The molecule has 5 nitrogen and oxygen atoms in total. The average Bonchev–Trinajstić information content (AvgIpc) is 2.38. The van der Waals surface area contributed by atoms with Gasteiger partial charge in [-0.05, 0) is 31.4 Å². The van der Waals surface area contributed by atoms with Gasteiger partial charge in [0.1, 0.15) is 5.82 Å². The summed E-state index contributed by atoms with van der Waals surface area (Å²) in [5.41, 5.74) is 0.366. The molecule has 2 atom stereocenters. The number of nitrogens with one attached hydrogen (secondary N) is 1. The van der Waals surface area contributed by atoms with Crippen LogP contribution in [0.15, 0.2) is 12.1 Å². The molecule has 1 amide bonds. The Bertz CT molecular complexity index is 402. The Morgan fingerprint density at radius 1 is 1.32 bits per heavy atom. The van der Waals surface area contributed by atoms with Crippen molar-refractivity contribution in [2.45, 2.75) is 39.7 Å². The van der Waals surface area contributed by atoms with Crippen LogP contribution in [-0.4, -0.2) is 41.1 Å². The predicted octanol–water partition coefficient (Wildman–Crippen LogP) is 2.42. The Kier molecular flexibility index (Phi) is 5.73. The van der Waals surface area contributed by atoms with Crippen LogP contribution in [0.1, 0.15) is 44.1 Å². The lowest BCUT2D eigenvalue weighted by molar-refractivity contribution is 0.0821. The number of amides is 1. The molecule has 0 saturated carbocycles. The molecule has 0 aliphatic rings. The average molecular weight is 264 g/mol. The lowest BCUT2D eigenvalue weighted by atomic mass is 10.0. The first-order chi connectivity index (χ1) is 8.93. The van der Waals surface area contributed by atoms with Gasteiger partial charge in [0.05, 0.1) is 0 Å². The molecule has 1 aromatic heterocycles. The zero-order valence-corrected chi connectivity index (χ0v) is 12.5. The first kappa shape index (κ1) is 15.4. The lowest BCUT2D eigenvalue weighted by Crippen LogP contribution is -2.24. The molecule has 0 aromatic carbocycles. The Morgan fingerprint density at radius 3 is 2.47 bits per heavy atom. The number of carbonyl (C=O) groups excluding carboxylic acids is 1. The zero-order valence-electron chi connectivity index (χ0n) is 12.5. The highest BCUT2D eigenvalue weighted by Gasteiger charge is 2.11. The number of anilines is 1. The standard InChI is InChI=1S/C14H24N4O/c1-6-10(2)9-11(3)15-13-8-7-12(16-17-13)14(19)18(4)5/h7-8,10-11H,6,9H2,1-5H3,(H,15,17). The van der Waals surface area contributed by atoms with Crippen molar-refractivity contribution >= 4 is 11.7 Å². The van der Waals surface area contributed by atoms with Gasteiger partial charge >= 0.3 is 0 Å². The van der Waals surface area contributed by atoms with E-state index in [0.717, 1.165) is 6.42 Å². The van der Waals surface area contributed by atoms with Crippen LogP contribution in [0, 0.1) is 5.92 Å². The van der Waals surface area contributed by atoms with Gasteiger partial charge in [0.2, 0.25) is 0 Å². The Hall–Kier alpha value is -1.65. The molecule has 19 heavy (non-hydrogen) atoms. The number of hydrogen-bond acceptors (Lipinski definition) is 4. The quantitative estimate of drug-likeness (QED) is 0.857. The van der Waals surface area contributed by atoms with E-state index in [9.17, 15) is 4.79 Å². The Balaban J connectivity index is 2.59. The van der Waals surface area contributed by atoms with Crippen LogP contribution in [-0.2, 0) is 0 Å². The minimum absolute atomic E-state index is 0.133. The molecular weight excluding hydrogens is 240 g/mol. The van der Waals surface area contributed by atoms with Crippen molar-refractivity contribution in [2.24, 2.45) is 5.92 Å². The summed E-state index contributed by atoms with van der Waals surface area (Å²) in [6.07, 6.45) is 2.27. The maximum Gasteiger partial charge on any atom is 0.273 e. The fourth-order valence-electron chi connectivity index (χ4n) is 1.83. The highest BCUT2D eigenvalue weighted by molar-refractivity contribution is 5.91. The summed E-state index contributed by atoms with van der Waals surface area (Å²) in [7, 11) is 3.40. The van der Waals surface area contributed by atoms with Gasteiger partial charge in [-0.1, -0.05) is 20.3 Å². The monoisotopic (exact) mass is 264 g/mol. The summed E-state index contributed by atoms with van der Waals surface area (Å²) in [5.74, 6) is 1.27. The second kappa shape index (κ2) is 7.07. The molecule has 2 unspecified atom stereocenters. The van der Waals surface area contributed by atoms with Crippen LogP contribution in [0.25, 0.3) is 0 Å². The predicted molar refractivity (Wildman–Crippen MR) is 77.2 cm³/mol. The van der Waals surface area contributed by atoms with Gasteiger partial charge in [-0.3, -0.25) is 4.79 Å². The second-order valence-corrected chi connectivity index (χ2v) is 5.30. The molecule has 0 saturated heterocycles. The third-order valence-electron chi connectivity index (χ3n) is 3.14. The van der Waals surface area contributed by atoms with Crippen molar-refractivity contribution in [3.63, 3.8) is 0 Å². The van der Waals surface area contributed by atoms with E-state index in [1.165, 1.54) is 11.3 Å². The van der Waals surface area contributed by atoms with E-state index in [-0.39, 0.29) is 5.91 Å². The van der Waals surface area contributed by atoms with Crippen LogP contribution < -0.4 is 5.32 Å². The molecule has 1 N–H and O–H groups in total. The Morgan fingerprint density at radius 2 is 2.00 bits per heavy atom. The molecule has 106 valence electrons. The van der Waals surface area contributed by atoms with E-state index in [4.69, 9.17) is 0 Å². The van der Waals surface area contributed by atoms with Crippen molar-refractivity contribution in [1.82, 2.24) is 15.1 Å².